The van der Waals surface area contributed by atoms with E-state index in [0.717, 1.165) is 32.1 Å². The third-order valence-electron chi connectivity index (χ3n) is 19.5. The van der Waals surface area contributed by atoms with Gasteiger partial charge in [-0.15, -0.1) is 0 Å². The smallest absolute Gasteiger partial charge is 0.187 e. The number of aliphatic hydroxyl groups excluding tert-OH is 12. The van der Waals surface area contributed by atoms with Crippen molar-refractivity contribution in [3.8, 4) is 0 Å². The molecule has 73 heavy (non-hydrogen) atoms. The standard InChI is InChI=1S/C51H84O22/c1-20(19-65-45-39(60)38(59)35(56)30(17-52)69-45)9-14-51(64)21(2)32-29(73-51)16-28-26-8-7-24-15-25(10-12-49(24,5)27(26)11-13-50(28,32)6)68-48-44(72-47-41(62)37(58)34(55)23(4)67-47)42(63)43(31(18-53)70-48)71-46-40(61)36(57)33(54)22(3)66-46/h7,20-23,25-48,52-64H,8-19H2,1-6H3/t20?,21-,22-,23-,25-,26+,27-,28-,29?,30+,31+,32-,33-,34-,35+,36+,37+,38-,39+,40+,41+,42-,43+,44+,45+,46-,47-,48+,49-,50-,51?/m0/s1. The van der Waals surface area contributed by atoms with E-state index in [1.54, 1.807) is 0 Å². The van der Waals surface area contributed by atoms with Crippen LogP contribution in [0.2, 0.25) is 0 Å². The molecule has 8 fully saturated rings. The summed E-state index contributed by atoms with van der Waals surface area (Å²) in [4.78, 5) is 0. The van der Waals surface area contributed by atoms with E-state index in [0.29, 0.717) is 43.4 Å². The molecule has 0 radical (unpaired) electrons. The van der Waals surface area contributed by atoms with Crippen molar-refractivity contribution in [1.82, 2.24) is 0 Å². The summed E-state index contributed by atoms with van der Waals surface area (Å²) < 4.78 is 54.6. The highest BCUT2D eigenvalue weighted by Gasteiger charge is 2.68. The number of hydrogen-bond donors (Lipinski definition) is 13. The molecule has 4 aliphatic carbocycles. The lowest BCUT2D eigenvalue weighted by Gasteiger charge is -2.58. The van der Waals surface area contributed by atoms with Gasteiger partial charge in [0.15, 0.2) is 30.9 Å². The Morgan fingerprint density at radius 3 is 1.86 bits per heavy atom. The summed E-state index contributed by atoms with van der Waals surface area (Å²) in [6, 6.07) is 0. The van der Waals surface area contributed by atoms with E-state index in [-0.39, 0.29) is 41.3 Å². The number of aliphatic hydroxyl groups is 13. The van der Waals surface area contributed by atoms with Crippen LogP contribution in [0.1, 0.15) is 99.3 Å². The highest BCUT2D eigenvalue weighted by atomic mass is 16.8. The normalized spacial score (nSPS) is 55.5. The van der Waals surface area contributed by atoms with Crippen LogP contribution in [0.25, 0.3) is 0 Å². The van der Waals surface area contributed by atoms with Crippen molar-refractivity contribution in [3.05, 3.63) is 11.6 Å². The van der Waals surface area contributed by atoms with Crippen LogP contribution in [0.5, 0.6) is 0 Å². The van der Waals surface area contributed by atoms with Crippen molar-refractivity contribution in [2.75, 3.05) is 19.8 Å². The van der Waals surface area contributed by atoms with E-state index in [9.17, 15) is 66.4 Å². The van der Waals surface area contributed by atoms with Gasteiger partial charge in [0.1, 0.15) is 85.5 Å². The average Bonchev–Trinajstić information content (AvgIpc) is 3.80. The van der Waals surface area contributed by atoms with Gasteiger partial charge in [0, 0.05) is 12.3 Å². The van der Waals surface area contributed by atoms with E-state index in [2.05, 4.69) is 26.8 Å². The van der Waals surface area contributed by atoms with E-state index < -0.39 is 148 Å². The second-order valence-electron chi connectivity index (χ2n) is 23.8. The Balaban J connectivity index is 0.846. The van der Waals surface area contributed by atoms with Gasteiger partial charge in [0.2, 0.25) is 0 Å². The number of fused-ring (bicyclic) bond motifs is 7. The second kappa shape index (κ2) is 21.8. The lowest BCUT2D eigenvalue weighted by molar-refractivity contribution is -0.388. The van der Waals surface area contributed by atoms with Crippen LogP contribution in [0, 0.1) is 46.3 Å². The molecule has 13 N–H and O–H groups in total. The minimum atomic E-state index is -1.75. The fourth-order valence-corrected chi connectivity index (χ4v) is 14.9. The number of ether oxygens (including phenoxy) is 9. The van der Waals surface area contributed by atoms with Crippen molar-refractivity contribution in [1.29, 1.82) is 0 Å². The van der Waals surface area contributed by atoms with Crippen LogP contribution in [0.4, 0.5) is 0 Å². The van der Waals surface area contributed by atoms with Crippen molar-refractivity contribution >= 4 is 0 Å². The Morgan fingerprint density at radius 2 is 1.23 bits per heavy atom. The van der Waals surface area contributed by atoms with Gasteiger partial charge in [-0.3, -0.25) is 0 Å². The third kappa shape index (κ3) is 10.2. The summed E-state index contributed by atoms with van der Waals surface area (Å²) in [5.74, 6) is -0.232. The molecule has 3 unspecified atom stereocenters. The molecule has 5 heterocycles. The fourth-order valence-electron chi connectivity index (χ4n) is 14.9. The van der Waals surface area contributed by atoms with Crippen molar-refractivity contribution in [2.24, 2.45) is 46.3 Å². The Morgan fingerprint density at radius 1 is 0.644 bits per heavy atom. The van der Waals surface area contributed by atoms with E-state index >= 15 is 0 Å². The monoisotopic (exact) mass is 1050 g/mol. The molecule has 0 bridgehead atoms. The average molecular weight is 1050 g/mol. The first kappa shape index (κ1) is 56.6. The number of rotatable bonds is 14. The summed E-state index contributed by atoms with van der Waals surface area (Å²) in [5.41, 5.74) is 1.07. The van der Waals surface area contributed by atoms with Gasteiger partial charge in [-0.25, -0.2) is 0 Å². The van der Waals surface area contributed by atoms with Crippen molar-refractivity contribution < 1.29 is 109 Å². The lowest BCUT2D eigenvalue weighted by Crippen LogP contribution is -2.66. The Bertz CT molecular complexity index is 1900. The molecule has 420 valence electrons. The van der Waals surface area contributed by atoms with E-state index in [4.69, 9.17) is 42.6 Å². The van der Waals surface area contributed by atoms with Crippen LogP contribution in [0.3, 0.4) is 0 Å². The molecule has 31 atom stereocenters. The minimum Gasteiger partial charge on any atom is -0.394 e. The van der Waals surface area contributed by atoms with Crippen molar-refractivity contribution in [3.63, 3.8) is 0 Å². The molecule has 0 aromatic rings. The highest BCUT2D eigenvalue weighted by Crippen LogP contribution is 2.70. The van der Waals surface area contributed by atoms with Crippen LogP contribution in [-0.2, 0) is 42.6 Å². The molecule has 0 amide bonds. The van der Waals surface area contributed by atoms with Gasteiger partial charge in [-0.2, -0.15) is 0 Å². The van der Waals surface area contributed by atoms with E-state index in [1.165, 1.54) is 19.4 Å². The van der Waals surface area contributed by atoms with Crippen LogP contribution in [-0.4, -0.2) is 227 Å². The fraction of sp³-hybridized carbons (Fsp3) is 0.961. The Kier molecular flexibility index (Phi) is 16.9. The van der Waals surface area contributed by atoms with Crippen LogP contribution < -0.4 is 0 Å². The molecule has 9 aliphatic rings. The molecular formula is C51H84O22. The maximum atomic E-state index is 12.1. The van der Waals surface area contributed by atoms with Gasteiger partial charge in [0.25, 0.3) is 0 Å². The molecule has 5 aliphatic heterocycles. The van der Waals surface area contributed by atoms with Crippen LogP contribution >= 0.6 is 0 Å². The Hall–Kier alpha value is -1.14. The minimum absolute atomic E-state index is 0.0589. The molecule has 22 nitrogen and oxygen atoms in total. The first-order valence-electron chi connectivity index (χ1n) is 26.8. The van der Waals surface area contributed by atoms with Gasteiger partial charge in [-0.1, -0.05) is 39.3 Å². The summed E-state index contributed by atoms with van der Waals surface area (Å²) in [5, 5.41) is 139. The number of hydrogen-bond acceptors (Lipinski definition) is 22. The predicted molar refractivity (Wildman–Crippen MR) is 249 cm³/mol. The summed E-state index contributed by atoms with van der Waals surface area (Å²) in [7, 11) is 0. The predicted octanol–water partition coefficient (Wildman–Crippen LogP) is -1.98. The van der Waals surface area contributed by atoms with Gasteiger partial charge < -0.3 is 109 Å². The molecule has 22 heteroatoms. The van der Waals surface area contributed by atoms with Gasteiger partial charge >= 0.3 is 0 Å². The van der Waals surface area contributed by atoms with Crippen LogP contribution in [0.15, 0.2) is 11.6 Å². The molecule has 0 aromatic carbocycles. The molecule has 0 aromatic heterocycles. The lowest BCUT2D eigenvalue weighted by atomic mass is 9.47. The quantitative estimate of drug-likeness (QED) is 0.0839. The largest absolute Gasteiger partial charge is 0.394 e. The van der Waals surface area contributed by atoms with E-state index in [1.807, 2.05) is 6.92 Å². The summed E-state index contributed by atoms with van der Waals surface area (Å²) >= 11 is 0. The topological polar surface area (TPSA) is 346 Å². The molecular weight excluding hydrogens is 965 g/mol. The SMILES string of the molecule is CC(CCC1(O)OC2C[C@H]3[C@@H]4CC=C5C[C@@H](O[C@@H]6O[C@H](CO)[C@@H](O[C@@H]7O[C@@H](C)[C@H](O)[C@@H](O)[C@H]7O)[C@H](O)[C@H]6O[C@@H]6O[C@@H](C)[C@H](O)[C@@H](O)[C@H]6O)CC[C@]5(C)[C@H]4CC[C@]3(C)[C@H]2[C@@H]1C)CO[C@@H]1O[C@H](CO)[C@@H](O)[C@H](O)[C@H]1O. The third-order valence-corrected chi connectivity index (χ3v) is 19.5. The zero-order chi connectivity index (χ0) is 52.8. The zero-order valence-electron chi connectivity index (χ0n) is 42.7. The Labute approximate surface area is 426 Å². The molecule has 3 saturated carbocycles. The molecule has 9 rings (SSSR count). The van der Waals surface area contributed by atoms with Gasteiger partial charge in [-0.05, 0) is 106 Å². The zero-order valence-corrected chi connectivity index (χ0v) is 42.7. The molecule has 0 spiro atoms. The summed E-state index contributed by atoms with van der Waals surface area (Å²) in [6.45, 7) is 10.7. The maximum Gasteiger partial charge on any atom is 0.187 e. The molecule has 5 saturated heterocycles. The van der Waals surface area contributed by atoms with Gasteiger partial charge in [0.05, 0.1) is 44.2 Å². The number of allylic oxidation sites excluding steroid dienone is 1. The first-order chi connectivity index (χ1) is 34.5. The summed E-state index contributed by atoms with van der Waals surface area (Å²) in [6.07, 6.45) is -20.5. The first-order valence-corrected chi connectivity index (χ1v) is 26.8. The van der Waals surface area contributed by atoms with Crippen molar-refractivity contribution in [2.45, 2.75) is 240 Å². The maximum absolute atomic E-state index is 12.1. The highest BCUT2D eigenvalue weighted by molar-refractivity contribution is 5.26. The second-order valence-corrected chi connectivity index (χ2v) is 23.8.